The van der Waals surface area contributed by atoms with Gasteiger partial charge in [0.15, 0.2) is 0 Å². The minimum absolute atomic E-state index is 0.108. The summed E-state index contributed by atoms with van der Waals surface area (Å²) in [6.07, 6.45) is 3.25. The molecule has 0 unspecified atom stereocenters. The van der Waals surface area contributed by atoms with E-state index in [4.69, 9.17) is 25.6 Å². The SMILES string of the molecule is COc1cc(OC)c(NS(=O)(=O)c2cc(-c3noc(C4CCC4)n3)cs2)cc1Cl. The molecule has 1 saturated carbocycles. The summed E-state index contributed by atoms with van der Waals surface area (Å²) < 4.78 is 44.0. The zero-order chi connectivity index (χ0) is 20.6. The Labute approximate surface area is 176 Å². The fraction of sp³-hybridized carbons (Fsp3) is 0.333. The number of ether oxygens (including phenoxy) is 2. The summed E-state index contributed by atoms with van der Waals surface area (Å²) in [4.78, 5) is 4.40. The van der Waals surface area contributed by atoms with Gasteiger partial charge in [-0.1, -0.05) is 23.2 Å². The van der Waals surface area contributed by atoms with Crippen molar-refractivity contribution in [2.75, 3.05) is 18.9 Å². The van der Waals surface area contributed by atoms with Gasteiger partial charge in [0, 0.05) is 22.9 Å². The molecule has 11 heteroatoms. The number of hydrogen-bond acceptors (Lipinski definition) is 8. The van der Waals surface area contributed by atoms with Crippen LogP contribution in [-0.2, 0) is 10.0 Å². The Morgan fingerprint density at radius 1 is 1.21 bits per heavy atom. The second-order valence-corrected chi connectivity index (χ2v) is 9.76. The van der Waals surface area contributed by atoms with Gasteiger partial charge < -0.3 is 14.0 Å². The van der Waals surface area contributed by atoms with E-state index in [-0.39, 0.29) is 20.7 Å². The van der Waals surface area contributed by atoms with E-state index in [2.05, 4.69) is 14.9 Å². The Bertz CT molecular complexity index is 1140. The number of nitrogens with one attached hydrogen (secondary N) is 1. The van der Waals surface area contributed by atoms with Gasteiger partial charge in [-0.15, -0.1) is 11.3 Å². The van der Waals surface area contributed by atoms with Gasteiger partial charge in [0.05, 0.1) is 24.9 Å². The number of anilines is 1. The molecule has 0 radical (unpaired) electrons. The molecule has 154 valence electrons. The zero-order valence-corrected chi connectivity index (χ0v) is 18.0. The first-order valence-electron chi connectivity index (χ1n) is 8.78. The molecule has 1 aliphatic rings. The summed E-state index contributed by atoms with van der Waals surface area (Å²) in [6, 6.07) is 4.47. The maximum absolute atomic E-state index is 12.9. The van der Waals surface area contributed by atoms with Crippen molar-refractivity contribution in [2.24, 2.45) is 0 Å². The third-order valence-electron chi connectivity index (χ3n) is 4.71. The average Bonchev–Trinajstić information content (AvgIpc) is 3.30. The van der Waals surface area contributed by atoms with E-state index in [1.54, 1.807) is 5.38 Å². The van der Waals surface area contributed by atoms with Crippen molar-refractivity contribution < 1.29 is 22.4 Å². The highest BCUT2D eigenvalue weighted by atomic mass is 35.5. The molecule has 0 amide bonds. The molecule has 0 aliphatic heterocycles. The molecule has 1 aliphatic carbocycles. The maximum Gasteiger partial charge on any atom is 0.271 e. The first-order chi connectivity index (χ1) is 13.9. The minimum atomic E-state index is -3.87. The summed E-state index contributed by atoms with van der Waals surface area (Å²) in [6.45, 7) is 0. The second-order valence-electron chi connectivity index (χ2n) is 6.53. The van der Waals surface area contributed by atoms with E-state index in [1.165, 1.54) is 32.4 Å². The largest absolute Gasteiger partial charge is 0.495 e. The number of methoxy groups -OCH3 is 2. The highest BCUT2D eigenvalue weighted by Crippen LogP contribution is 2.39. The van der Waals surface area contributed by atoms with Crippen LogP contribution in [0.1, 0.15) is 31.1 Å². The van der Waals surface area contributed by atoms with E-state index < -0.39 is 10.0 Å². The second kappa shape index (κ2) is 7.85. The molecule has 3 aromatic rings. The van der Waals surface area contributed by atoms with Crippen LogP contribution in [-0.4, -0.2) is 32.8 Å². The lowest BCUT2D eigenvalue weighted by Crippen LogP contribution is -2.12. The molecule has 2 heterocycles. The fourth-order valence-electron chi connectivity index (χ4n) is 2.88. The summed E-state index contributed by atoms with van der Waals surface area (Å²) in [5.41, 5.74) is 0.796. The Morgan fingerprint density at radius 2 is 1.97 bits per heavy atom. The van der Waals surface area contributed by atoms with E-state index in [1.807, 2.05) is 0 Å². The number of benzene rings is 1. The van der Waals surface area contributed by atoms with Crippen molar-refractivity contribution in [1.82, 2.24) is 10.1 Å². The van der Waals surface area contributed by atoms with Crippen LogP contribution in [0.2, 0.25) is 5.02 Å². The number of hydrogen-bond donors (Lipinski definition) is 1. The van der Waals surface area contributed by atoms with E-state index in [0.29, 0.717) is 28.9 Å². The highest BCUT2D eigenvalue weighted by Gasteiger charge is 2.27. The molecule has 29 heavy (non-hydrogen) atoms. The molecule has 0 bridgehead atoms. The van der Waals surface area contributed by atoms with Gasteiger partial charge in [-0.25, -0.2) is 8.42 Å². The van der Waals surface area contributed by atoms with Crippen LogP contribution in [0.15, 0.2) is 32.3 Å². The van der Waals surface area contributed by atoms with Crippen LogP contribution in [0.25, 0.3) is 11.4 Å². The fourth-order valence-corrected chi connectivity index (χ4v) is 5.34. The quantitative estimate of drug-likeness (QED) is 0.557. The smallest absolute Gasteiger partial charge is 0.271 e. The topological polar surface area (TPSA) is 104 Å². The molecule has 4 rings (SSSR count). The van der Waals surface area contributed by atoms with Crippen LogP contribution in [0, 0.1) is 0 Å². The Hall–Kier alpha value is -2.30. The lowest BCUT2D eigenvalue weighted by molar-refractivity contribution is 0.292. The Morgan fingerprint density at radius 3 is 2.62 bits per heavy atom. The predicted molar refractivity (Wildman–Crippen MR) is 110 cm³/mol. The lowest BCUT2D eigenvalue weighted by atomic mass is 9.85. The molecule has 0 atom stereocenters. The van der Waals surface area contributed by atoms with Crippen LogP contribution in [0.4, 0.5) is 5.69 Å². The predicted octanol–water partition coefficient (Wildman–Crippen LogP) is 4.54. The molecular formula is C18H18ClN3O5S2. The average molecular weight is 456 g/mol. The maximum atomic E-state index is 12.9. The third-order valence-corrected chi connectivity index (χ3v) is 7.81. The number of thiophene rings is 1. The van der Waals surface area contributed by atoms with Gasteiger partial charge in [-0.3, -0.25) is 4.72 Å². The summed E-state index contributed by atoms with van der Waals surface area (Å²) in [7, 11) is -0.975. The monoisotopic (exact) mass is 455 g/mol. The molecule has 0 saturated heterocycles. The Balaban J connectivity index is 1.59. The number of nitrogens with zero attached hydrogens (tertiary/aromatic N) is 2. The van der Waals surface area contributed by atoms with Gasteiger partial charge in [-0.05, 0) is 25.0 Å². The van der Waals surface area contributed by atoms with E-state index in [9.17, 15) is 8.42 Å². The van der Waals surface area contributed by atoms with Crippen molar-refractivity contribution in [2.45, 2.75) is 29.4 Å². The first kappa shape index (κ1) is 20.0. The number of rotatable bonds is 7. The van der Waals surface area contributed by atoms with Crippen molar-refractivity contribution in [3.8, 4) is 22.9 Å². The molecule has 8 nitrogen and oxygen atoms in total. The van der Waals surface area contributed by atoms with Crippen molar-refractivity contribution >= 4 is 38.6 Å². The molecular weight excluding hydrogens is 438 g/mol. The minimum Gasteiger partial charge on any atom is -0.495 e. The Kier molecular flexibility index (Phi) is 5.41. The van der Waals surface area contributed by atoms with Crippen molar-refractivity contribution in [3.05, 3.63) is 34.5 Å². The number of aromatic nitrogens is 2. The van der Waals surface area contributed by atoms with Gasteiger partial charge >= 0.3 is 0 Å². The van der Waals surface area contributed by atoms with Gasteiger partial charge in [0.1, 0.15) is 15.7 Å². The number of sulfonamides is 1. The standard InChI is InChI=1S/C18H18ClN3O5S2/c1-25-14-8-15(26-2)13(7-12(14)19)22-29(23,24)16-6-11(9-28-16)17-20-18(27-21-17)10-4-3-5-10/h6-10,22H,3-5H2,1-2H3. The summed E-state index contributed by atoms with van der Waals surface area (Å²) in [5.74, 6) is 1.97. The highest BCUT2D eigenvalue weighted by molar-refractivity contribution is 7.94. The van der Waals surface area contributed by atoms with Gasteiger partial charge in [-0.2, -0.15) is 4.98 Å². The molecule has 1 N–H and O–H groups in total. The molecule has 0 spiro atoms. The summed E-state index contributed by atoms with van der Waals surface area (Å²) >= 11 is 7.18. The molecule has 1 fully saturated rings. The van der Waals surface area contributed by atoms with Crippen LogP contribution >= 0.6 is 22.9 Å². The third kappa shape index (κ3) is 3.92. The van der Waals surface area contributed by atoms with Crippen molar-refractivity contribution in [1.29, 1.82) is 0 Å². The zero-order valence-electron chi connectivity index (χ0n) is 15.6. The van der Waals surface area contributed by atoms with E-state index in [0.717, 1.165) is 30.6 Å². The summed E-state index contributed by atoms with van der Waals surface area (Å²) in [5, 5.41) is 5.92. The molecule has 2 aromatic heterocycles. The number of halogens is 1. The molecule has 1 aromatic carbocycles. The van der Waals surface area contributed by atoms with Crippen LogP contribution in [0.3, 0.4) is 0 Å². The van der Waals surface area contributed by atoms with E-state index >= 15 is 0 Å². The first-order valence-corrected chi connectivity index (χ1v) is 11.5. The van der Waals surface area contributed by atoms with Gasteiger partial charge in [0.25, 0.3) is 10.0 Å². The van der Waals surface area contributed by atoms with Crippen LogP contribution < -0.4 is 14.2 Å². The lowest BCUT2D eigenvalue weighted by Gasteiger charge is -2.20. The van der Waals surface area contributed by atoms with Crippen molar-refractivity contribution in [3.63, 3.8) is 0 Å². The van der Waals surface area contributed by atoms with Gasteiger partial charge in [0.2, 0.25) is 11.7 Å². The normalized spacial score (nSPS) is 14.4. The van der Waals surface area contributed by atoms with Crippen LogP contribution in [0.5, 0.6) is 11.5 Å².